The van der Waals surface area contributed by atoms with E-state index in [4.69, 9.17) is 0 Å². The number of nitrogens with one attached hydrogen (secondary N) is 1. The minimum Gasteiger partial charge on any atom is -0.380 e. The maximum absolute atomic E-state index is 13.5. The number of nitrogens with zero attached hydrogens (tertiary/aromatic N) is 1. The molecule has 1 saturated heterocycles. The van der Waals surface area contributed by atoms with E-state index in [9.17, 15) is 13.2 Å². The van der Waals surface area contributed by atoms with E-state index in [1.165, 1.54) is 0 Å². The van der Waals surface area contributed by atoms with Gasteiger partial charge < -0.3 is 10.2 Å². The van der Waals surface area contributed by atoms with Gasteiger partial charge in [-0.3, -0.25) is 0 Å². The average molecular weight is 272 g/mol. The molecule has 0 spiro atoms. The van der Waals surface area contributed by atoms with Crippen LogP contribution in [0.2, 0.25) is 0 Å². The molecule has 2 rings (SSSR count). The molecular weight excluding hydrogens is 253 g/mol. The van der Waals surface area contributed by atoms with Crippen molar-refractivity contribution in [1.29, 1.82) is 0 Å². The van der Waals surface area contributed by atoms with Gasteiger partial charge in [0.1, 0.15) is 5.82 Å². The Morgan fingerprint density at radius 3 is 2.37 bits per heavy atom. The van der Waals surface area contributed by atoms with E-state index in [1.54, 1.807) is 0 Å². The van der Waals surface area contributed by atoms with Crippen molar-refractivity contribution in [1.82, 2.24) is 4.90 Å². The number of halogens is 3. The van der Waals surface area contributed by atoms with Crippen molar-refractivity contribution in [2.75, 3.05) is 25.0 Å². The Kier molecular flexibility index (Phi) is 4.69. The van der Waals surface area contributed by atoms with Gasteiger partial charge in [0.15, 0.2) is 11.6 Å². The van der Waals surface area contributed by atoms with Gasteiger partial charge in [0.25, 0.3) is 0 Å². The summed E-state index contributed by atoms with van der Waals surface area (Å²) in [6, 6.07) is 1.60. The fourth-order valence-corrected chi connectivity index (χ4v) is 2.47. The van der Waals surface area contributed by atoms with Gasteiger partial charge in [0.05, 0.1) is 5.69 Å². The molecule has 1 aromatic rings. The zero-order valence-corrected chi connectivity index (χ0v) is 11.1. The SMILES string of the molecule is CCCN1CCC(Nc2cc(F)c(F)cc2F)CC1. The fourth-order valence-electron chi connectivity index (χ4n) is 2.47. The smallest absolute Gasteiger partial charge is 0.161 e. The Bertz CT molecular complexity index is 429. The maximum Gasteiger partial charge on any atom is 0.161 e. The Morgan fingerprint density at radius 2 is 1.74 bits per heavy atom. The molecule has 0 amide bonds. The van der Waals surface area contributed by atoms with Crippen molar-refractivity contribution >= 4 is 5.69 Å². The first-order valence-corrected chi connectivity index (χ1v) is 6.73. The van der Waals surface area contributed by atoms with E-state index in [0.29, 0.717) is 6.07 Å². The standard InChI is InChI=1S/C14H19F3N2/c1-2-5-19-6-3-10(4-7-19)18-14-9-12(16)11(15)8-13(14)17/h8-10,18H,2-7H2,1H3. The van der Waals surface area contributed by atoms with Gasteiger partial charge in [-0.2, -0.15) is 0 Å². The van der Waals surface area contributed by atoms with Crippen LogP contribution in [0.15, 0.2) is 12.1 Å². The molecule has 0 aromatic heterocycles. The highest BCUT2D eigenvalue weighted by Crippen LogP contribution is 2.22. The van der Waals surface area contributed by atoms with Gasteiger partial charge in [-0.25, -0.2) is 13.2 Å². The Labute approximate surface area is 111 Å². The van der Waals surface area contributed by atoms with Crippen LogP contribution in [0.5, 0.6) is 0 Å². The molecule has 0 aliphatic carbocycles. The van der Waals surface area contributed by atoms with Crippen molar-refractivity contribution in [3.8, 4) is 0 Å². The summed E-state index contributed by atoms with van der Waals surface area (Å²) in [5.41, 5.74) is 0.0489. The third kappa shape index (κ3) is 3.62. The number of piperidine rings is 1. The van der Waals surface area contributed by atoms with E-state index in [0.717, 1.165) is 45.0 Å². The van der Waals surface area contributed by atoms with Crippen LogP contribution in [0.4, 0.5) is 18.9 Å². The molecule has 1 aromatic carbocycles. The summed E-state index contributed by atoms with van der Waals surface area (Å²) in [5, 5.41) is 2.97. The molecular formula is C14H19F3N2. The second-order valence-electron chi connectivity index (χ2n) is 5.01. The van der Waals surface area contributed by atoms with Crippen LogP contribution in [-0.2, 0) is 0 Å². The van der Waals surface area contributed by atoms with Crippen LogP contribution in [0.3, 0.4) is 0 Å². The average Bonchev–Trinajstić information content (AvgIpc) is 2.38. The molecule has 1 fully saturated rings. The lowest BCUT2D eigenvalue weighted by atomic mass is 10.0. The van der Waals surface area contributed by atoms with Crippen LogP contribution in [0.1, 0.15) is 26.2 Å². The fraction of sp³-hybridized carbons (Fsp3) is 0.571. The summed E-state index contributed by atoms with van der Waals surface area (Å²) < 4.78 is 39.4. The zero-order chi connectivity index (χ0) is 13.8. The quantitative estimate of drug-likeness (QED) is 0.845. The molecule has 0 saturated carbocycles. The van der Waals surface area contributed by atoms with Gasteiger partial charge in [0.2, 0.25) is 0 Å². The lowest BCUT2D eigenvalue weighted by molar-refractivity contribution is 0.219. The van der Waals surface area contributed by atoms with E-state index in [1.807, 2.05) is 0 Å². The molecule has 1 aliphatic rings. The van der Waals surface area contributed by atoms with Gasteiger partial charge in [-0.15, -0.1) is 0 Å². The molecule has 1 aliphatic heterocycles. The van der Waals surface area contributed by atoms with Crippen molar-refractivity contribution in [3.05, 3.63) is 29.6 Å². The van der Waals surface area contributed by atoms with Crippen LogP contribution < -0.4 is 5.32 Å². The highest BCUT2D eigenvalue weighted by molar-refractivity contribution is 5.46. The van der Waals surface area contributed by atoms with Gasteiger partial charge in [0, 0.05) is 31.3 Å². The normalized spacial score (nSPS) is 17.7. The Hall–Kier alpha value is -1.23. The molecule has 0 bridgehead atoms. The molecule has 5 heteroatoms. The number of hydrogen-bond acceptors (Lipinski definition) is 2. The Balaban J connectivity index is 1.94. The molecule has 1 heterocycles. The number of anilines is 1. The highest BCUT2D eigenvalue weighted by atomic mass is 19.2. The van der Waals surface area contributed by atoms with Gasteiger partial charge in [-0.1, -0.05) is 6.92 Å². The maximum atomic E-state index is 13.5. The lowest BCUT2D eigenvalue weighted by Crippen LogP contribution is -2.39. The van der Waals surface area contributed by atoms with E-state index in [2.05, 4.69) is 17.1 Å². The molecule has 106 valence electrons. The van der Waals surface area contributed by atoms with E-state index >= 15 is 0 Å². The molecule has 0 radical (unpaired) electrons. The lowest BCUT2D eigenvalue weighted by Gasteiger charge is -2.32. The second-order valence-corrected chi connectivity index (χ2v) is 5.01. The van der Waals surface area contributed by atoms with Gasteiger partial charge >= 0.3 is 0 Å². The first kappa shape index (κ1) is 14.2. The number of rotatable bonds is 4. The second kappa shape index (κ2) is 6.28. The summed E-state index contributed by atoms with van der Waals surface area (Å²) in [4.78, 5) is 2.36. The molecule has 19 heavy (non-hydrogen) atoms. The summed E-state index contributed by atoms with van der Waals surface area (Å²) >= 11 is 0. The van der Waals surface area contributed by atoms with Crippen LogP contribution >= 0.6 is 0 Å². The summed E-state index contributed by atoms with van der Waals surface area (Å²) in [5.74, 6) is -2.91. The predicted molar refractivity (Wildman–Crippen MR) is 69.7 cm³/mol. The summed E-state index contributed by atoms with van der Waals surface area (Å²) in [7, 11) is 0. The van der Waals surface area contributed by atoms with E-state index < -0.39 is 17.5 Å². The van der Waals surface area contributed by atoms with Crippen molar-refractivity contribution < 1.29 is 13.2 Å². The van der Waals surface area contributed by atoms with Crippen LogP contribution in [0, 0.1) is 17.5 Å². The third-order valence-corrected chi connectivity index (χ3v) is 3.50. The largest absolute Gasteiger partial charge is 0.380 e. The summed E-state index contributed by atoms with van der Waals surface area (Å²) in [6.07, 6.45) is 2.90. The zero-order valence-electron chi connectivity index (χ0n) is 11.1. The number of benzene rings is 1. The molecule has 0 unspecified atom stereocenters. The summed E-state index contributed by atoms with van der Waals surface area (Å²) in [6.45, 7) is 5.13. The first-order valence-electron chi connectivity index (χ1n) is 6.73. The van der Waals surface area contributed by atoms with Crippen LogP contribution in [-0.4, -0.2) is 30.6 Å². The van der Waals surface area contributed by atoms with Gasteiger partial charge in [-0.05, 0) is 25.8 Å². The van der Waals surface area contributed by atoms with Crippen molar-refractivity contribution in [2.24, 2.45) is 0 Å². The third-order valence-electron chi connectivity index (χ3n) is 3.50. The monoisotopic (exact) mass is 272 g/mol. The molecule has 1 N–H and O–H groups in total. The van der Waals surface area contributed by atoms with Crippen molar-refractivity contribution in [3.63, 3.8) is 0 Å². The van der Waals surface area contributed by atoms with E-state index in [-0.39, 0.29) is 11.7 Å². The number of hydrogen-bond donors (Lipinski definition) is 1. The predicted octanol–water partition coefficient (Wildman–Crippen LogP) is 3.39. The topological polar surface area (TPSA) is 15.3 Å². The van der Waals surface area contributed by atoms with Crippen molar-refractivity contribution in [2.45, 2.75) is 32.2 Å². The first-order chi connectivity index (χ1) is 9.10. The minimum atomic E-state index is -1.15. The minimum absolute atomic E-state index is 0.0489. The molecule has 0 atom stereocenters. The molecule has 2 nitrogen and oxygen atoms in total. The Morgan fingerprint density at radius 1 is 1.11 bits per heavy atom. The van der Waals surface area contributed by atoms with Crippen LogP contribution in [0.25, 0.3) is 0 Å². The highest BCUT2D eigenvalue weighted by Gasteiger charge is 2.20. The number of likely N-dealkylation sites (tertiary alicyclic amines) is 1.